The number of halogens is 3. The lowest BCUT2D eigenvalue weighted by molar-refractivity contribution is -0.134. The summed E-state index contributed by atoms with van der Waals surface area (Å²) in [5.74, 6) is -0.477. The standard InChI is InChI=1S/C10H14F3N3O2S/c1-18-6-5(14)7(8(15)17)19-9(6)16-4-2-3-10(11,12)13/h16H,2-4,14H2,1H3,(H2,15,17). The molecule has 0 bridgehead atoms. The number of rotatable bonds is 6. The van der Waals surface area contributed by atoms with Crippen LogP contribution < -0.4 is 21.5 Å². The second-order valence-electron chi connectivity index (χ2n) is 3.72. The third-order valence-electron chi connectivity index (χ3n) is 2.25. The highest BCUT2D eigenvalue weighted by Crippen LogP contribution is 2.42. The summed E-state index contributed by atoms with van der Waals surface area (Å²) in [5, 5.41) is 3.16. The molecule has 0 spiro atoms. The Morgan fingerprint density at radius 3 is 2.58 bits per heavy atom. The van der Waals surface area contributed by atoms with E-state index in [0.717, 1.165) is 11.3 Å². The van der Waals surface area contributed by atoms with Crippen LogP contribution in [0.3, 0.4) is 0 Å². The minimum absolute atomic E-state index is 0.0869. The molecule has 0 aliphatic heterocycles. The van der Waals surface area contributed by atoms with E-state index in [1.165, 1.54) is 7.11 Å². The van der Waals surface area contributed by atoms with Gasteiger partial charge < -0.3 is 21.5 Å². The summed E-state index contributed by atoms with van der Waals surface area (Å²) in [4.78, 5) is 11.2. The summed E-state index contributed by atoms with van der Waals surface area (Å²) in [6.45, 7) is 0.0913. The highest BCUT2D eigenvalue weighted by molar-refractivity contribution is 7.19. The van der Waals surface area contributed by atoms with Gasteiger partial charge in [-0.3, -0.25) is 4.79 Å². The van der Waals surface area contributed by atoms with Crippen molar-refractivity contribution in [2.75, 3.05) is 24.7 Å². The first-order valence-corrected chi connectivity index (χ1v) is 6.14. The number of nitrogens with two attached hydrogens (primary N) is 2. The van der Waals surface area contributed by atoms with E-state index >= 15 is 0 Å². The monoisotopic (exact) mass is 297 g/mol. The molecule has 1 aromatic heterocycles. The number of methoxy groups -OCH3 is 1. The molecule has 0 fully saturated rings. The second-order valence-corrected chi connectivity index (χ2v) is 4.74. The van der Waals surface area contributed by atoms with E-state index in [0.29, 0.717) is 5.00 Å². The summed E-state index contributed by atoms with van der Waals surface area (Å²) < 4.78 is 40.9. The third kappa shape index (κ3) is 4.19. The number of hydrogen-bond acceptors (Lipinski definition) is 5. The number of alkyl halides is 3. The van der Waals surface area contributed by atoms with Gasteiger partial charge in [-0.25, -0.2) is 0 Å². The Balaban J connectivity index is 2.68. The van der Waals surface area contributed by atoms with Crippen LogP contribution in [0.4, 0.5) is 23.9 Å². The van der Waals surface area contributed by atoms with Crippen LogP contribution in [0, 0.1) is 0 Å². The molecule has 5 nitrogen and oxygen atoms in total. The number of thiophene rings is 1. The summed E-state index contributed by atoms with van der Waals surface area (Å²) in [6, 6.07) is 0. The molecular weight excluding hydrogens is 283 g/mol. The van der Waals surface area contributed by atoms with Gasteiger partial charge in [0.2, 0.25) is 0 Å². The predicted octanol–water partition coefficient (Wildman–Crippen LogP) is 2.19. The van der Waals surface area contributed by atoms with Crippen molar-refractivity contribution in [2.24, 2.45) is 5.73 Å². The quantitative estimate of drug-likeness (QED) is 0.702. The molecule has 1 amide bonds. The van der Waals surface area contributed by atoms with Crippen LogP contribution in [-0.4, -0.2) is 25.7 Å². The third-order valence-corrected chi connectivity index (χ3v) is 3.41. The van der Waals surface area contributed by atoms with Crippen LogP contribution in [-0.2, 0) is 0 Å². The summed E-state index contributed by atoms with van der Waals surface area (Å²) in [7, 11) is 1.35. The molecule has 0 aliphatic carbocycles. The van der Waals surface area contributed by atoms with E-state index in [9.17, 15) is 18.0 Å². The van der Waals surface area contributed by atoms with Crippen LogP contribution in [0.1, 0.15) is 22.5 Å². The predicted molar refractivity (Wildman–Crippen MR) is 67.6 cm³/mol. The number of carbonyl (C=O) groups is 1. The molecule has 5 N–H and O–H groups in total. The fraction of sp³-hybridized carbons (Fsp3) is 0.500. The summed E-state index contributed by atoms with van der Waals surface area (Å²) in [5.41, 5.74) is 10.9. The van der Waals surface area contributed by atoms with Crippen molar-refractivity contribution >= 4 is 27.9 Å². The number of primary amides is 1. The Bertz CT molecular complexity index is 460. The van der Waals surface area contributed by atoms with E-state index in [1.54, 1.807) is 0 Å². The van der Waals surface area contributed by atoms with Gasteiger partial charge in [0.15, 0.2) is 5.75 Å². The zero-order valence-corrected chi connectivity index (χ0v) is 11.0. The second kappa shape index (κ2) is 6.00. The van der Waals surface area contributed by atoms with Gasteiger partial charge in [0.1, 0.15) is 15.6 Å². The Hall–Kier alpha value is -1.64. The molecule has 1 aromatic rings. The van der Waals surface area contributed by atoms with Gasteiger partial charge in [-0.05, 0) is 6.42 Å². The molecule has 9 heteroatoms. The molecule has 19 heavy (non-hydrogen) atoms. The van der Waals surface area contributed by atoms with Gasteiger partial charge >= 0.3 is 6.18 Å². The SMILES string of the molecule is COc1c(NCCCC(F)(F)F)sc(C(N)=O)c1N. The van der Waals surface area contributed by atoms with E-state index < -0.39 is 18.5 Å². The molecule has 0 aromatic carbocycles. The van der Waals surface area contributed by atoms with Crippen LogP contribution in [0.25, 0.3) is 0 Å². The van der Waals surface area contributed by atoms with Crippen molar-refractivity contribution in [3.05, 3.63) is 4.88 Å². The van der Waals surface area contributed by atoms with E-state index in [2.05, 4.69) is 5.32 Å². The fourth-order valence-corrected chi connectivity index (χ4v) is 2.39. The molecule has 1 rings (SSSR count). The highest BCUT2D eigenvalue weighted by Gasteiger charge is 2.26. The first-order valence-electron chi connectivity index (χ1n) is 5.33. The number of anilines is 2. The van der Waals surface area contributed by atoms with Crippen molar-refractivity contribution < 1.29 is 22.7 Å². The Labute approximate surface area is 111 Å². The van der Waals surface area contributed by atoms with Crippen LogP contribution in [0.15, 0.2) is 0 Å². The van der Waals surface area contributed by atoms with Crippen molar-refractivity contribution in [3.63, 3.8) is 0 Å². The molecule has 0 saturated carbocycles. The number of nitrogen functional groups attached to an aromatic ring is 1. The minimum Gasteiger partial charge on any atom is -0.492 e. The maximum atomic E-state index is 12.0. The van der Waals surface area contributed by atoms with Crippen molar-refractivity contribution in [1.29, 1.82) is 0 Å². The first-order chi connectivity index (χ1) is 8.76. The van der Waals surface area contributed by atoms with Crippen LogP contribution in [0.5, 0.6) is 5.75 Å². The summed E-state index contributed by atoms with van der Waals surface area (Å²) >= 11 is 0.960. The van der Waals surface area contributed by atoms with Gasteiger partial charge in [-0.15, -0.1) is 11.3 Å². The molecule has 108 valence electrons. The normalized spacial score (nSPS) is 11.4. The number of hydrogen-bond donors (Lipinski definition) is 3. The smallest absolute Gasteiger partial charge is 0.389 e. The summed E-state index contributed by atoms with van der Waals surface area (Å²) in [6.07, 6.45) is -5.15. The van der Waals surface area contributed by atoms with Crippen LogP contribution >= 0.6 is 11.3 Å². The van der Waals surface area contributed by atoms with Crippen molar-refractivity contribution in [3.8, 4) is 5.75 Å². The molecule has 0 saturated heterocycles. The van der Waals surface area contributed by atoms with Crippen LogP contribution in [0.2, 0.25) is 0 Å². The van der Waals surface area contributed by atoms with Gasteiger partial charge in [0.05, 0.1) is 7.11 Å². The fourth-order valence-electron chi connectivity index (χ4n) is 1.42. The zero-order chi connectivity index (χ0) is 14.6. The average Bonchev–Trinajstić information content (AvgIpc) is 2.60. The van der Waals surface area contributed by atoms with Gasteiger partial charge in [0.25, 0.3) is 5.91 Å². The molecular formula is C10H14F3N3O2S. The molecule has 0 atom stereocenters. The molecule has 0 aliphatic rings. The topological polar surface area (TPSA) is 90.4 Å². The lowest BCUT2D eigenvalue weighted by Gasteiger charge is -2.08. The highest BCUT2D eigenvalue weighted by atomic mass is 32.1. The van der Waals surface area contributed by atoms with Gasteiger partial charge in [-0.2, -0.15) is 13.2 Å². The largest absolute Gasteiger partial charge is 0.492 e. The Morgan fingerprint density at radius 1 is 1.47 bits per heavy atom. The Morgan fingerprint density at radius 2 is 2.11 bits per heavy atom. The van der Waals surface area contributed by atoms with Crippen molar-refractivity contribution in [1.82, 2.24) is 0 Å². The maximum absolute atomic E-state index is 12.0. The molecule has 1 heterocycles. The number of nitrogens with one attached hydrogen (secondary N) is 1. The Kier molecular flexibility index (Phi) is 4.87. The zero-order valence-electron chi connectivity index (χ0n) is 10.1. The minimum atomic E-state index is -4.18. The lowest BCUT2D eigenvalue weighted by atomic mass is 10.3. The lowest BCUT2D eigenvalue weighted by Crippen LogP contribution is -2.10. The average molecular weight is 297 g/mol. The van der Waals surface area contributed by atoms with E-state index in [4.69, 9.17) is 16.2 Å². The molecule has 0 unspecified atom stereocenters. The van der Waals surface area contributed by atoms with Gasteiger partial charge in [-0.1, -0.05) is 0 Å². The van der Waals surface area contributed by atoms with Crippen molar-refractivity contribution in [2.45, 2.75) is 19.0 Å². The molecule has 0 radical (unpaired) electrons. The van der Waals surface area contributed by atoms with Gasteiger partial charge in [0, 0.05) is 13.0 Å². The maximum Gasteiger partial charge on any atom is 0.389 e. The van der Waals surface area contributed by atoms with E-state index in [-0.39, 0.29) is 29.3 Å². The number of ether oxygens (including phenoxy) is 1. The number of carbonyl (C=O) groups excluding carboxylic acids is 1. The van der Waals surface area contributed by atoms with E-state index in [1.807, 2.05) is 0 Å². The number of amides is 1. The first kappa shape index (κ1) is 15.4.